The Morgan fingerprint density at radius 1 is 1.00 bits per heavy atom. The van der Waals surface area contributed by atoms with Crippen LogP contribution in [0.2, 0.25) is 0 Å². The molecule has 5 nitrogen and oxygen atoms in total. The highest BCUT2D eigenvalue weighted by molar-refractivity contribution is 5.91. The summed E-state index contributed by atoms with van der Waals surface area (Å²) in [5, 5.41) is 0. The van der Waals surface area contributed by atoms with Crippen LogP contribution >= 0.6 is 0 Å². The minimum Gasteiger partial charge on any atom is -0.423 e. The lowest BCUT2D eigenvalue weighted by atomic mass is 9.82. The maximum absolute atomic E-state index is 13.3. The van der Waals surface area contributed by atoms with Crippen LogP contribution < -0.4 is 4.74 Å². The lowest BCUT2D eigenvalue weighted by Crippen LogP contribution is -2.22. The lowest BCUT2D eigenvalue weighted by Gasteiger charge is -2.28. The fourth-order valence-electron chi connectivity index (χ4n) is 3.70. The van der Waals surface area contributed by atoms with Gasteiger partial charge >= 0.3 is 5.97 Å². The molecule has 0 aromatic heterocycles. The average Bonchev–Trinajstić information content (AvgIpc) is 3.60. The molecule has 0 bridgehead atoms. The number of carbonyl (C=O) groups is 1. The molecule has 4 rings (SSSR count). The van der Waals surface area contributed by atoms with E-state index in [4.69, 9.17) is 18.9 Å². The molecule has 1 aliphatic heterocycles. The van der Waals surface area contributed by atoms with E-state index >= 15 is 0 Å². The normalized spacial score (nSPS) is 22.9. The van der Waals surface area contributed by atoms with Gasteiger partial charge in [-0.05, 0) is 49.3 Å². The summed E-state index contributed by atoms with van der Waals surface area (Å²) in [7, 11) is 0. The first-order chi connectivity index (χ1) is 15.0. The number of carbonyl (C=O) groups excluding carboxylic acids is 1. The van der Waals surface area contributed by atoms with E-state index in [1.807, 2.05) is 12.1 Å². The van der Waals surface area contributed by atoms with E-state index in [0.29, 0.717) is 24.7 Å². The van der Waals surface area contributed by atoms with Crippen molar-refractivity contribution in [1.82, 2.24) is 0 Å². The Morgan fingerprint density at radius 3 is 2.26 bits per heavy atom. The van der Waals surface area contributed by atoms with Crippen LogP contribution in [-0.4, -0.2) is 38.2 Å². The largest absolute Gasteiger partial charge is 0.423 e. The van der Waals surface area contributed by atoms with Crippen LogP contribution in [0.25, 0.3) is 0 Å². The topological polar surface area (TPSA) is 57.3 Å². The van der Waals surface area contributed by atoms with Gasteiger partial charge in [-0.3, -0.25) is 0 Å². The molecular weight excluding hydrogens is 413 g/mol. The van der Waals surface area contributed by atoms with Crippen molar-refractivity contribution in [3.05, 3.63) is 65.0 Å². The number of rotatable bonds is 8. The summed E-state index contributed by atoms with van der Waals surface area (Å²) in [4.78, 5) is 12.2. The summed E-state index contributed by atoms with van der Waals surface area (Å²) in [6.45, 7) is 1.63. The third-order valence-electron chi connectivity index (χ3n) is 5.55. The van der Waals surface area contributed by atoms with Crippen LogP contribution in [0.5, 0.6) is 5.75 Å². The quantitative estimate of drug-likeness (QED) is 0.149. The van der Waals surface area contributed by atoms with Gasteiger partial charge < -0.3 is 18.9 Å². The molecule has 0 amide bonds. The van der Waals surface area contributed by atoms with Gasteiger partial charge in [-0.2, -0.15) is 0 Å². The predicted octanol–water partition coefficient (Wildman–Crippen LogP) is 4.74. The maximum atomic E-state index is 13.3. The molecule has 1 aliphatic carbocycles. The highest BCUT2D eigenvalue weighted by Crippen LogP contribution is 2.34. The fourth-order valence-corrected chi connectivity index (χ4v) is 3.70. The van der Waals surface area contributed by atoms with Gasteiger partial charge in [0.2, 0.25) is 0 Å². The SMILES string of the molecule is O=C(Oc1cc(F)c(F)c(F)c1)c1ccc(C2CCC(OCOCC3CO3)CC2)cc1. The second-order valence-electron chi connectivity index (χ2n) is 7.80. The minimum absolute atomic E-state index is 0.183. The van der Waals surface area contributed by atoms with Crippen LogP contribution in [0, 0.1) is 17.5 Å². The Morgan fingerprint density at radius 2 is 1.65 bits per heavy atom. The third kappa shape index (κ3) is 5.84. The first kappa shape index (κ1) is 21.8. The molecule has 31 heavy (non-hydrogen) atoms. The van der Waals surface area contributed by atoms with Crippen LogP contribution in [0.1, 0.15) is 47.5 Å². The zero-order valence-corrected chi connectivity index (χ0v) is 16.8. The molecule has 0 radical (unpaired) electrons. The van der Waals surface area contributed by atoms with E-state index in [2.05, 4.69) is 0 Å². The van der Waals surface area contributed by atoms with Gasteiger partial charge in [0.1, 0.15) is 18.6 Å². The molecule has 2 aromatic rings. The summed E-state index contributed by atoms with van der Waals surface area (Å²) in [6, 6.07) is 8.21. The zero-order chi connectivity index (χ0) is 21.8. The predicted molar refractivity (Wildman–Crippen MR) is 104 cm³/mol. The van der Waals surface area contributed by atoms with Crippen molar-refractivity contribution in [3.63, 3.8) is 0 Å². The number of halogens is 3. The molecule has 0 N–H and O–H groups in total. The molecule has 0 spiro atoms. The molecule has 2 aromatic carbocycles. The van der Waals surface area contributed by atoms with Gasteiger partial charge in [0.25, 0.3) is 0 Å². The minimum atomic E-state index is -1.61. The Kier molecular flexibility index (Phi) is 6.89. The maximum Gasteiger partial charge on any atom is 0.343 e. The second-order valence-corrected chi connectivity index (χ2v) is 7.80. The number of esters is 1. The molecule has 1 saturated heterocycles. The first-order valence-corrected chi connectivity index (χ1v) is 10.3. The average molecular weight is 436 g/mol. The molecule has 1 saturated carbocycles. The Bertz CT molecular complexity index is 883. The number of ether oxygens (including phenoxy) is 4. The van der Waals surface area contributed by atoms with E-state index < -0.39 is 29.2 Å². The van der Waals surface area contributed by atoms with Crippen molar-refractivity contribution in [3.8, 4) is 5.75 Å². The summed E-state index contributed by atoms with van der Waals surface area (Å²) in [6.07, 6.45) is 4.21. The van der Waals surface area contributed by atoms with Crippen molar-refractivity contribution < 1.29 is 36.9 Å². The highest BCUT2D eigenvalue weighted by Gasteiger charge is 2.25. The Balaban J connectivity index is 1.25. The fraction of sp³-hybridized carbons (Fsp3) is 0.435. The third-order valence-corrected chi connectivity index (χ3v) is 5.55. The highest BCUT2D eigenvalue weighted by atomic mass is 19.2. The molecule has 1 unspecified atom stereocenters. The number of hydrogen-bond donors (Lipinski definition) is 0. The number of hydrogen-bond acceptors (Lipinski definition) is 5. The monoisotopic (exact) mass is 436 g/mol. The van der Waals surface area contributed by atoms with Gasteiger partial charge in [0, 0.05) is 12.1 Å². The summed E-state index contributed by atoms with van der Waals surface area (Å²) < 4.78 is 60.8. The van der Waals surface area contributed by atoms with Crippen molar-refractivity contribution in [2.45, 2.75) is 43.8 Å². The van der Waals surface area contributed by atoms with E-state index in [0.717, 1.165) is 37.9 Å². The summed E-state index contributed by atoms with van der Waals surface area (Å²) in [5.74, 6) is -5.24. The van der Waals surface area contributed by atoms with E-state index in [-0.39, 0.29) is 24.6 Å². The van der Waals surface area contributed by atoms with E-state index in [9.17, 15) is 18.0 Å². The van der Waals surface area contributed by atoms with E-state index in [1.54, 1.807) is 12.1 Å². The molecule has 1 heterocycles. The Hall–Kier alpha value is -2.42. The van der Waals surface area contributed by atoms with Gasteiger partial charge in [-0.15, -0.1) is 0 Å². The van der Waals surface area contributed by atoms with Gasteiger partial charge in [0.05, 0.1) is 24.9 Å². The number of epoxide rings is 1. The molecule has 2 aliphatic rings. The molecular formula is C23H23F3O5. The molecule has 8 heteroatoms. The number of benzene rings is 2. The zero-order valence-electron chi connectivity index (χ0n) is 16.8. The summed E-state index contributed by atoms with van der Waals surface area (Å²) in [5.41, 5.74) is 1.35. The van der Waals surface area contributed by atoms with Crippen molar-refractivity contribution in [1.29, 1.82) is 0 Å². The molecule has 2 fully saturated rings. The molecule has 166 valence electrons. The van der Waals surface area contributed by atoms with Crippen molar-refractivity contribution >= 4 is 5.97 Å². The van der Waals surface area contributed by atoms with Gasteiger partial charge in [-0.1, -0.05) is 12.1 Å². The standard InChI is InChI=1S/C23H23F3O5/c24-20-9-18(10-21(25)22(20)26)31-23(27)16-3-1-14(2-4-16)15-5-7-17(8-6-15)30-13-28-11-19-12-29-19/h1-4,9-10,15,17,19H,5-8,11-13H2. The molecule has 1 atom stereocenters. The van der Waals surface area contributed by atoms with E-state index in [1.165, 1.54) is 0 Å². The van der Waals surface area contributed by atoms with Crippen LogP contribution in [0.15, 0.2) is 36.4 Å². The van der Waals surface area contributed by atoms with Crippen LogP contribution in [0.4, 0.5) is 13.2 Å². The lowest BCUT2D eigenvalue weighted by molar-refractivity contribution is -0.102. The first-order valence-electron chi connectivity index (χ1n) is 10.3. The van der Waals surface area contributed by atoms with Crippen molar-refractivity contribution in [2.75, 3.05) is 20.0 Å². The van der Waals surface area contributed by atoms with Gasteiger partial charge in [-0.25, -0.2) is 18.0 Å². The van der Waals surface area contributed by atoms with Crippen LogP contribution in [0.3, 0.4) is 0 Å². The second kappa shape index (κ2) is 9.80. The Labute approximate surface area is 178 Å². The summed E-state index contributed by atoms with van der Waals surface area (Å²) >= 11 is 0. The van der Waals surface area contributed by atoms with Gasteiger partial charge in [0.15, 0.2) is 17.5 Å². The van der Waals surface area contributed by atoms with Crippen LogP contribution in [-0.2, 0) is 14.2 Å². The van der Waals surface area contributed by atoms with Crippen molar-refractivity contribution in [2.24, 2.45) is 0 Å². The smallest absolute Gasteiger partial charge is 0.343 e.